The molecule has 0 bridgehead atoms. The molecule has 0 aromatic carbocycles. The highest BCUT2D eigenvalue weighted by Crippen LogP contribution is 2.38. The SMILES string of the molecule is CC/C=C\C/C=C\C/C=C\CCCCCCCC(=O)NC(COP(=O)([O-])OCC[N+](C)(C)C)C(O)/C=C/CCCCCCCCCCCCCCCCC. The van der Waals surface area contributed by atoms with E-state index in [4.69, 9.17) is 9.05 Å². The number of allylic oxidation sites excluding steroid dienone is 7. The molecule has 0 aromatic heterocycles. The third kappa shape index (κ3) is 38.7. The van der Waals surface area contributed by atoms with Crippen LogP contribution in [0.3, 0.4) is 0 Å². The van der Waals surface area contributed by atoms with E-state index >= 15 is 0 Å². The molecule has 1 amide bonds. The maximum atomic E-state index is 12.8. The van der Waals surface area contributed by atoms with E-state index in [1.54, 1.807) is 6.08 Å². The second-order valence-corrected chi connectivity index (χ2v) is 17.4. The highest BCUT2D eigenvalue weighted by Gasteiger charge is 2.23. The third-order valence-electron chi connectivity index (χ3n) is 9.54. The van der Waals surface area contributed by atoms with Crippen LogP contribution >= 0.6 is 7.82 Å². The van der Waals surface area contributed by atoms with Gasteiger partial charge in [-0.3, -0.25) is 9.36 Å². The van der Waals surface area contributed by atoms with Crippen molar-refractivity contribution < 1.29 is 32.9 Å². The van der Waals surface area contributed by atoms with Crippen LogP contribution in [0.5, 0.6) is 0 Å². The molecule has 8 nitrogen and oxygen atoms in total. The average Bonchev–Trinajstić information content (AvgIpc) is 3.12. The number of unbranched alkanes of at least 4 members (excludes halogenated alkanes) is 20. The van der Waals surface area contributed by atoms with Gasteiger partial charge in [-0.25, -0.2) is 0 Å². The topological polar surface area (TPSA) is 108 Å². The van der Waals surface area contributed by atoms with E-state index in [-0.39, 0.29) is 19.1 Å². The van der Waals surface area contributed by atoms with Gasteiger partial charge < -0.3 is 28.8 Å². The molecule has 9 heteroatoms. The van der Waals surface area contributed by atoms with Crippen LogP contribution < -0.4 is 10.2 Å². The van der Waals surface area contributed by atoms with E-state index in [9.17, 15) is 19.4 Å². The van der Waals surface area contributed by atoms with Crippen LogP contribution in [-0.2, 0) is 18.4 Å². The Morgan fingerprint density at radius 1 is 0.667 bits per heavy atom. The molecule has 0 saturated heterocycles. The molecular formula is C45H85N2O6P. The minimum Gasteiger partial charge on any atom is -0.756 e. The molecule has 0 rings (SSSR count). The second-order valence-electron chi connectivity index (χ2n) is 16.0. The maximum absolute atomic E-state index is 12.8. The first kappa shape index (κ1) is 52.5. The van der Waals surface area contributed by atoms with Crippen LogP contribution in [0.15, 0.2) is 48.6 Å². The fraction of sp³-hybridized carbons (Fsp3) is 0.800. The van der Waals surface area contributed by atoms with Crippen LogP contribution in [0.25, 0.3) is 0 Å². The summed E-state index contributed by atoms with van der Waals surface area (Å²) in [5, 5.41) is 13.8. The largest absolute Gasteiger partial charge is 0.756 e. The van der Waals surface area contributed by atoms with Gasteiger partial charge in [0.25, 0.3) is 7.82 Å². The molecule has 3 unspecified atom stereocenters. The zero-order valence-corrected chi connectivity index (χ0v) is 36.6. The number of nitrogens with zero attached hydrogens (tertiary/aromatic N) is 1. The van der Waals surface area contributed by atoms with Gasteiger partial charge >= 0.3 is 0 Å². The molecule has 0 saturated carbocycles. The van der Waals surface area contributed by atoms with E-state index in [1.807, 2.05) is 27.2 Å². The Bertz CT molecular complexity index is 1020. The molecule has 0 spiro atoms. The van der Waals surface area contributed by atoms with Crippen molar-refractivity contribution in [3.8, 4) is 0 Å². The summed E-state index contributed by atoms with van der Waals surface area (Å²) in [4.78, 5) is 25.3. The van der Waals surface area contributed by atoms with Crippen LogP contribution in [0.4, 0.5) is 0 Å². The van der Waals surface area contributed by atoms with E-state index in [2.05, 4.69) is 55.6 Å². The second kappa shape index (κ2) is 37.1. The monoisotopic (exact) mass is 781 g/mol. The number of nitrogens with one attached hydrogen (secondary N) is 1. The number of aliphatic hydroxyl groups is 1. The van der Waals surface area contributed by atoms with Crippen molar-refractivity contribution in [1.82, 2.24) is 5.32 Å². The van der Waals surface area contributed by atoms with Crippen LogP contribution in [0.1, 0.15) is 181 Å². The number of phosphoric ester groups is 1. The molecule has 0 aliphatic rings. The third-order valence-corrected chi connectivity index (χ3v) is 10.5. The summed E-state index contributed by atoms with van der Waals surface area (Å²) in [6.07, 6.45) is 45.8. The lowest BCUT2D eigenvalue weighted by Crippen LogP contribution is -2.45. The van der Waals surface area contributed by atoms with Crippen molar-refractivity contribution in [3.63, 3.8) is 0 Å². The molecule has 0 heterocycles. The van der Waals surface area contributed by atoms with E-state index in [1.165, 1.54) is 83.5 Å². The van der Waals surface area contributed by atoms with Crippen LogP contribution in [-0.4, -0.2) is 68.5 Å². The highest BCUT2D eigenvalue weighted by molar-refractivity contribution is 7.45. The summed E-state index contributed by atoms with van der Waals surface area (Å²) in [5.41, 5.74) is 0. The van der Waals surface area contributed by atoms with Gasteiger partial charge in [0.1, 0.15) is 13.2 Å². The van der Waals surface area contributed by atoms with Crippen molar-refractivity contribution in [2.75, 3.05) is 40.9 Å². The van der Waals surface area contributed by atoms with E-state index in [0.717, 1.165) is 77.0 Å². The number of quaternary nitrogens is 1. The van der Waals surface area contributed by atoms with Crippen molar-refractivity contribution in [2.24, 2.45) is 0 Å². The lowest BCUT2D eigenvalue weighted by molar-refractivity contribution is -0.870. The Morgan fingerprint density at radius 3 is 1.65 bits per heavy atom. The predicted molar refractivity (Wildman–Crippen MR) is 228 cm³/mol. The summed E-state index contributed by atoms with van der Waals surface area (Å²) >= 11 is 0. The lowest BCUT2D eigenvalue weighted by Gasteiger charge is -2.29. The quantitative estimate of drug-likeness (QED) is 0.0278. The summed E-state index contributed by atoms with van der Waals surface area (Å²) in [5.74, 6) is -0.216. The molecule has 0 radical (unpaired) electrons. The standard InChI is InChI=1S/C45H85N2O6P/c1-6-8-10-12-14-16-18-20-22-23-25-26-28-30-32-34-36-38-44(48)43(42-53-54(50,51)52-41-40-47(3,4)5)46-45(49)39-37-35-33-31-29-27-24-21-19-17-15-13-11-9-7-2/h9,11,15,17,21,24,36,38,43-44,48H,6-8,10,12-14,16,18-20,22-23,25-35,37,39-42H2,1-5H3,(H-,46,49,50,51)/b11-9-,17-15-,24-21-,38-36+. The molecular weight excluding hydrogens is 695 g/mol. The minimum atomic E-state index is -4.59. The summed E-state index contributed by atoms with van der Waals surface area (Å²) in [6, 6.07) is -0.895. The Hall–Kier alpha value is -1.54. The van der Waals surface area contributed by atoms with Crippen molar-refractivity contribution in [2.45, 2.75) is 193 Å². The average molecular weight is 781 g/mol. The maximum Gasteiger partial charge on any atom is 0.268 e. The number of likely N-dealkylation sites (N-methyl/N-ethyl adjacent to an activating group) is 1. The highest BCUT2D eigenvalue weighted by atomic mass is 31.2. The van der Waals surface area contributed by atoms with Gasteiger partial charge in [-0.2, -0.15) is 0 Å². The first-order chi connectivity index (χ1) is 26.0. The minimum absolute atomic E-state index is 0.00611. The van der Waals surface area contributed by atoms with Crippen LogP contribution in [0.2, 0.25) is 0 Å². The van der Waals surface area contributed by atoms with Gasteiger partial charge in [0, 0.05) is 6.42 Å². The number of phosphoric acid groups is 1. The number of carbonyl (C=O) groups is 1. The van der Waals surface area contributed by atoms with Gasteiger partial charge in [0.05, 0.1) is 39.9 Å². The summed E-state index contributed by atoms with van der Waals surface area (Å²) in [6.45, 7) is 4.51. The zero-order valence-electron chi connectivity index (χ0n) is 35.7. The Labute approximate surface area is 333 Å². The smallest absolute Gasteiger partial charge is 0.268 e. The number of amides is 1. The molecule has 0 aliphatic carbocycles. The molecule has 3 atom stereocenters. The molecule has 316 valence electrons. The Balaban J connectivity index is 4.47. The Kier molecular flexibility index (Phi) is 36.0. The van der Waals surface area contributed by atoms with Crippen molar-refractivity contribution >= 4 is 13.7 Å². The number of carbonyl (C=O) groups excluding carboxylic acids is 1. The molecule has 0 aromatic rings. The predicted octanol–water partition coefficient (Wildman–Crippen LogP) is 11.4. The normalized spacial score (nSPS) is 14.9. The summed E-state index contributed by atoms with van der Waals surface area (Å²) in [7, 11) is 1.24. The summed E-state index contributed by atoms with van der Waals surface area (Å²) < 4.78 is 23.2. The molecule has 2 N–H and O–H groups in total. The fourth-order valence-electron chi connectivity index (χ4n) is 6.05. The van der Waals surface area contributed by atoms with Crippen molar-refractivity contribution in [3.05, 3.63) is 48.6 Å². The first-order valence-electron chi connectivity index (χ1n) is 22.0. The van der Waals surface area contributed by atoms with Crippen molar-refractivity contribution in [1.29, 1.82) is 0 Å². The van der Waals surface area contributed by atoms with E-state index < -0.39 is 20.0 Å². The van der Waals surface area contributed by atoms with Gasteiger partial charge in [0.2, 0.25) is 5.91 Å². The molecule has 54 heavy (non-hydrogen) atoms. The number of hydrogen-bond acceptors (Lipinski definition) is 6. The number of aliphatic hydroxyl groups excluding tert-OH is 1. The lowest BCUT2D eigenvalue weighted by atomic mass is 10.0. The number of hydrogen-bond donors (Lipinski definition) is 2. The zero-order chi connectivity index (χ0) is 40.0. The van der Waals surface area contributed by atoms with Gasteiger partial charge in [0.15, 0.2) is 0 Å². The van der Waals surface area contributed by atoms with Gasteiger partial charge in [-0.15, -0.1) is 0 Å². The van der Waals surface area contributed by atoms with Gasteiger partial charge in [-0.1, -0.05) is 172 Å². The fourth-order valence-corrected chi connectivity index (χ4v) is 6.77. The Morgan fingerprint density at radius 2 is 1.13 bits per heavy atom. The number of rotatable bonds is 39. The first-order valence-corrected chi connectivity index (χ1v) is 23.5. The molecule has 0 aliphatic heterocycles. The van der Waals surface area contributed by atoms with Gasteiger partial charge in [-0.05, 0) is 51.4 Å². The van der Waals surface area contributed by atoms with Crippen LogP contribution in [0, 0.1) is 0 Å². The van der Waals surface area contributed by atoms with E-state index in [0.29, 0.717) is 17.4 Å². The molecule has 0 fully saturated rings.